The Morgan fingerprint density at radius 1 is 1.33 bits per heavy atom. The molecule has 124 valence electrons. The van der Waals surface area contributed by atoms with Crippen LogP contribution in [0.1, 0.15) is 25.2 Å². The Morgan fingerprint density at radius 3 is 2.79 bits per heavy atom. The summed E-state index contributed by atoms with van der Waals surface area (Å²) in [7, 11) is 0. The summed E-state index contributed by atoms with van der Waals surface area (Å²) < 4.78 is 10.5. The Kier molecular flexibility index (Phi) is 4.64. The molecule has 0 N–H and O–H groups in total. The predicted molar refractivity (Wildman–Crippen MR) is 82.7 cm³/mol. The molecule has 1 aliphatic rings. The van der Waals surface area contributed by atoms with Gasteiger partial charge in [-0.2, -0.15) is 0 Å². The SMILES string of the molecule is O=C(C[C@@H]1C=CCC1)OCc1nnc(-c2ccc([N+](=O)[O-])cc2)o1. The highest BCUT2D eigenvalue weighted by Gasteiger charge is 2.16. The Morgan fingerprint density at radius 2 is 2.12 bits per heavy atom. The molecule has 0 unspecified atom stereocenters. The lowest BCUT2D eigenvalue weighted by Gasteiger charge is -2.06. The van der Waals surface area contributed by atoms with Gasteiger partial charge in [0.2, 0.25) is 5.89 Å². The maximum Gasteiger partial charge on any atom is 0.306 e. The van der Waals surface area contributed by atoms with Gasteiger partial charge in [0.05, 0.1) is 11.3 Å². The Balaban J connectivity index is 1.56. The molecule has 0 amide bonds. The summed E-state index contributed by atoms with van der Waals surface area (Å²) in [5, 5.41) is 18.3. The van der Waals surface area contributed by atoms with Crippen LogP contribution in [0.15, 0.2) is 40.8 Å². The highest BCUT2D eigenvalue weighted by atomic mass is 16.6. The first kappa shape index (κ1) is 15.9. The van der Waals surface area contributed by atoms with Crippen LogP contribution >= 0.6 is 0 Å². The van der Waals surface area contributed by atoms with Gasteiger partial charge in [-0.3, -0.25) is 14.9 Å². The topological polar surface area (TPSA) is 108 Å². The average molecular weight is 329 g/mol. The third kappa shape index (κ3) is 3.83. The molecule has 0 bridgehead atoms. The summed E-state index contributed by atoms with van der Waals surface area (Å²) >= 11 is 0. The molecule has 24 heavy (non-hydrogen) atoms. The molecule has 0 fully saturated rings. The zero-order chi connectivity index (χ0) is 16.9. The molecule has 1 atom stereocenters. The van der Waals surface area contributed by atoms with Gasteiger partial charge in [-0.15, -0.1) is 10.2 Å². The van der Waals surface area contributed by atoms with E-state index in [2.05, 4.69) is 16.3 Å². The van der Waals surface area contributed by atoms with Crippen molar-refractivity contribution < 1.29 is 18.9 Å². The largest absolute Gasteiger partial charge is 0.456 e. The molecular formula is C16H15N3O5. The van der Waals surface area contributed by atoms with Crippen LogP contribution in [-0.2, 0) is 16.1 Å². The summed E-state index contributed by atoms with van der Waals surface area (Å²) in [4.78, 5) is 21.9. The molecule has 0 spiro atoms. The minimum Gasteiger partial charge on any atom is -0.456 e. The van der Waals surface area contributed by atoms with Crippen molar-refractivity contribution in [3.8, 4) is 11.5 Å². The van der Waals surface area contributed by atoms with Crippen LogP contribution in [0.25, 0.3) is 11.5 Å². The molecule has 2 aromatic rings. The minimum absolute atomic E-state index is 0.0200. The van der Waals surface area contributed by atoms with Crippen molar-refractivity contribution >= 4 is 11.7 Å². The second-order valence-electron chi connectivity index (χ2n) is 5.44. The number of benzene rings is 1. The van der Waals surface area contributed by atoms with Crippen LogP contribution in [0.4, 0.5) is 5.69 Å². The van der Waals surface area contributed by atoms with E-state index in [9.17, 15) is 14.9 Å². The van der Waals surface area contributed by atoms with Crippen molar-refractivity contribution in [1.82, 2.24) is 10.2 Å². The van der Waals surface area contributed by atoms with Gasteiger partial charge < -0.3 is 9.15 Å². The van der Waals surface area contributed by atoms with Gasteiger partial charge in [0, 0.05) is 17.7 Å². The number of nitrogens with zero attached hydrogens (tertiary/aromatic N) is 3. The van der Waals surface area contributed by atoms with Crippen LogP contribution in [0.2, 0.25) is 0 Å². The smallest absolute Gasteiger partial charge is 0.306 e. The fourth-order valence-corrected chi connectivity index (χ4v) is 2.43. The van der Waals surface area contributed by atoms with Crippen LogP contribution in [0, 0.1) is 16.0 Å². The fourth-order valence-electron chi connectivity index (χ4n) is 2.43. The number of carbonyl (C=O) groups is 1. The lowest BCUT2D eigenvalue weighted by molar-refractivity contribution is -0.384. The van der Waals surface area contributed by atoms with Crippen molar-refractivity contribution in [2.45, 2.75) is 25.9 Å². The van der Waals surface area contributed by atoms with Crippen LogP contribution < -0.4 is 0 Å². The number of rotatable bonds is 6. The van der Waals surface area contributed by atoms with E-state index >= 15 is 0 Å². The van der Waals surface area contributed by atoms with E-state index in [0.29, 0.717) is 12.0 Å². The average Bonchev–Trinajstić information content (AvgIpc) is 3.24. The van der Waals surface area contributed by atoms with Crippen molar-refractivity contribution in [2.75, 3.05) is 0 Å². The fraction of sp³-hybridized carbons (Fsp3) is 0.312. The first-order chi connectivity index (χ1) is 11.6. The number of nitro groups is 1. The highest BCUT2D eigenvalue weighted by Crippen LogP contribution is 2.22. The summed E-state index contributed by atoms with van der Waals surface area (Å²) in [5.41, 5.74) is 0.537. The van der Waals surface area contributed by atoms with E-state index in [-0.39, 0.29) is 36.0 Å². The lowest BCUT2D eigenvalue weighted by atomic mass is 10.1. The number of esters is 1. The van der Waals surface area contributed by atoms with Gasteiger partial charge in [-0.25, -0.2) is 0 Å². The van der Waals surface area contributed by atoms with Gasteiger partial charge in [-0.1, -0.05) is 12.2 Å². The third-order valence-corrected chi connectivity index (χ3v) is 3.69. The lowest BCUT2D eigenvalue weighted by Crippen LogP contribution is -2.09. The van der Waals surface area contributed by atoms with Gasteiger partial charge in [0.1, 0.15) is 0 Å². The van der Waals surface area contributed by atoms with Gasteiger partial charge >= 0.3 is 5.97 Å². The zero-order valence-corrected chi connectivity index (χ0v) is 12.8. The Hall–Kier alpha value is -3.03. The quantitative estimate of drug-likeness (QED) is 0.347. The van der Waals surface area contributed by atoms with Crippen molar-refractivity contribution in [2.24, 2.45) is 5.92 Å². The number of hydrogen-bond acceptors (Lipinski definition) is 7. The molecule has 1 aromatic heterocycles. The first-order valence-electron chi connectivity index (χ1n) is 7.51. The minimum atomic E-state index is -0.484. The normalized spacial score (nSPS) is 16.2. The molecule has 1 aliphatic carbocycles. The molecular weight excluding hydrogens is 314 g/mol. The predicted octanol–water partition coefficient (Wildman–Crippen LogP) is 3.04. The standard InChI is InChI=1S/C16H15N3O5/c20-15(9-11-3-1-2-4-11)23-10-14-17-18-16(24-14)12-5-7-13(8-6-12)19(21)22/h1,3,5-8,11H,2,4,9-10H2/t11-/m1/s1. The molecule has 0 aliphatic heterocycles. The summed E-state index contributed by atoms with van der Waals surface area (Å²) in [6, 6.07) is 5.75. The number of aromatic nitrogens is 2. The van der Waals surface area contributed by atoms with Gasteiger partial charge in [0.25, 0.3) is 11.6 Å². The molecule has 3 rings (SSSR count). The second kappa shape index (κ2) is 7.03. The first-order valence-corrected chi connectivity index (χ1v) is 7.51. The molecule has 8 nitrogen and oxygen atoms in total. The monoisotopic (exact) mass is 329 g/mol. The number of carbonyl (C=O) groups excluding carboxylic acids is 1. The van der Waals surface area contributed by atoms with E-state index in [1.165, 1.54) is 24.3 Å². The Labute approximate surface area is 137 Å². The van der Waals surface area contributed by atoms with Crippen molar-refractivity contribution in [3.63, 3.8) is 0 Å². The number of nitro benzene ring substituents is 1. The second-order valence-corrected chi connectivity index (χ2v) is 5.44. The van der Waals surface area contributed by atoms with Crippen LogP contribution in [0.5, 0.6) is 0 Å². The summed E-state index contributed by atoms with van der Waals surface area (Å²) in [6.07, 6.45) is 6.41. The maximum absolute atomic E-state index is 11.7. The van der Waals surface area contributed by atoms with Crippen molar-refractivity contribution in [1.29, 1.82) is 0 Å². The molecule has 8 heteroatoms. The molecule has 0 radical (unpaired) electrons. The van der Waals surface area contributed by atoms with Crippen LogP contribution in [0.3, 0.4) is 0 Å². The van der Waals surface area contributed by atoms with Gasteiger partial charge in [0.15, 0.2) is 6.61 Å². The summed E-state index contributed by atoms with van der Waals surface area (Å²) in [5.74, 6) is 0.339. The highest BCUT2D eigenvalue weighted by molar-refractivity contribution is 5.70. The van der Waals surface area contributed by atoms with Crippen molar-refractivity contribution in [3.05, 3.63) is 52.4 Å². The van der Waals surface area contributed by atoms with E-state index in [1.807, 2.05) is 6.08 Å². The van der Waals surface area contributed by atoms with E-state index in [4.69, 9.17) is 9.15 Å². The molecule has 0 saturated heterocycles. The van der Waals surface area contributed by atoms with E-state index in [1.54, 1.807) is 0 Å². The Bertz CT molecular complexity index is 766. The number of ether oxygens (including phenoxy) is 1. The maximum atomic E-state index is 11.7. The molecule has 1 heterocycles. The number of non-ortho nitro benzene ring substituents is 1. The van der Waals surface area contributed by atoms with E-state index < -0.39 is 4.92 Å². The number of allylic oxidation sites excluding steroid dienone is 2. The van der Waals surface area contributed by atoms with Gasteiger partial charge in [-0.05, 0) is 30.9 Å². The molecule has 0 saturated carbocycles. The van der Waals surface area contributed by atoms with Crippen LogP contribution in [-0.4, -0.2) is 21.1 Å². The summed E-state index contributed by atoms with van der Waals surface area (Å²) in [6.45, 7) is -0.0880. The number of hydrogen-bond donors (Lipinski definition) is 0. The zero-order valence-electron chi connectivity index (χ0n) is 12.8. The third-order valence-electron chi connectivity index (χ3n) is 3.69. The molecule has 1 aromatic carbocycles. The van der Waals surface area contributed by atoms with E-state index in [0.717, 1.165) is 12.8 Å².